The van der Waals surface area contributed by atoms with Gasteiger partial charge in [0.05, 0.1) is 6.61 Å². The molecule has 1 atom stereocenters. The number of para-hydroxylation sites is 1. The first-order valence-electron chi connectivity index (χ1n) is 6.25. The van der Waals surface area contributed by atoms with Crippen LogP contribution in [-0.4, -0.2) is 10.8 Å². The molecule has 1 aromatic carbocycles. The lowest BCUT2D eigenvalue weighted by Crippen LogP contribution is -2.06. The molecule has 18 heavy (non-hydrogen) atoms. The molecule has 0 N–H and O–H groups in total. The molecule has 0 saturated heterocycles. The van der Waals surface area contributed by atoms with Crippen LogP contribution in [0.5, 0.6) is 5.75 Å². The van der Waals surface area contributed by atoms with E-state index in [2.05, 4.69) is 11.3 Å². The van der Waals surface area contributed by atoms with Gasteiger partial charge < -0.3 is 4.89 Å². The van der Waals surface area contributed by atoms with Crippen molar-refractivity contribution in [3.63, 3.8) is 0 Å². The van der Waals surface area contributed by atoms with Crippen molar-refractivity contribution in [2.24, 2.45) is 0 Å². The van der Waals surface area contributed by atoms with Gasteiger partial charge in [-0.1, -0.05) is 42.3 Å². The molecule has 1 unspecified atom stereocenters. The minimum absolute atomic E-state index is 0.314. The Morgan fingerprint density at radius 2 is 1.94 bits per heavy atom. The summed E-state index contributed by atoms with van der Waals surface area (Å²) in [4.78, 5) is 5.06. The molecular weight excluding hydrogens is 252 g/mol. The molecule has 0 amide bonds. The molecule has 0 aliphatic rings. The lowest BCUT2D eigenvalue weighted by atomic mass is 10.1. The SMILES string of the molecule is CCCCCc1ccccc1OOS(=O)OCC. The van der Waals surface area contributed by atoms with Gasteiger partial charge in [-0.3, -0.25) is 4.18 Å². The van der Waals surface area contributed by atoms with Gasteiger partial charge in [0.1, 0.15) is 0 Å². The third-order valence-corrected chi connectivity index (χ3v) is 3.02. The maximum absolute atomic E-state index is 11.1. The molecule has 0 aliphatic heterocycles. The maximum atomic E-state index is 11.1. The molecule has 0 aliphatic carbocycles. The smallest absolute Gasteiger partial charge is 0.321 e. The first-order valence-corrected chi connectivity index (χ1v) is 7.25. The predicted octanol–water partition coefficient (Wildman–Crippen LogP) is 3.34. The Balaban J connectivity index is 2.50. The minimum Gasteiger partial charge on any atom is -0.321 e. The van der Waals surface area contributed by atoms with Crippen LogP contribution in [0.15, 0.2) is 24.3 Å². The van der Waals surface area contributed by atoms with E-state index < -0.39 is 11.4 Å². The molecule has 4 nitrogen and oxygen atoms in total. The Morgan fingerprint density at radius 3 is 2.67 bits per heavy atom. The molecule has 0 spiro atoms. The summed E-state index contributed by atoms with van der Waals surface area (Å²) < 4.78 is 20.5. The van der Waals surface area contributed by atoms with Crippen LogP contribution in [0.1, 0.15) is 38.7 Å². The summed E-state index contributed by atoms with van der Waals surface area (Å²) in [5.41, 5.74) is 1.06. The molecule has 1 rings (SSSR count). The molecule has 0 aromatic heterocycles. The molecule has 0 radical (unpaired) electrons. The van der Waals surface area contributed by atoms with Crippen LogP contribution in [0.4, 0.5) is 0 Å². The van der Waals surface area contributed by atoms with E-state index in [0.29, 0.717) is 12.4 Å². The Morgan fingerprint density at radius 1 is 1.17 bits per heavy atom. The summed E-state index contributed by atoms with van der Waals surface area (Å²) in [5.74, 6) is 0.599. The van der Waals surface area contributed by atoms with Crippen molar-refractivity contribution in [3.8, 4) is 5.75 Å². The van der Waals surface area contributed by atoms with E-state index in [1.807, 2.05) is 18.2 Å². The minimum atomic E-state index is -1.86. The van der Waals surface area contributed by atoms with E-state index in [1.54, 1.807) is 13.0 Å². The third-order valence-electron chi connectivity index (χ3n) is 2.42. The van der Waals surface area contributed by atoms with Crippen molar-refractivity contribution < 1.29 is 17.6 Å². The van der Waals surface area contributed by atoms with Crippen LogP contribution in [-0.2, 0) is 26.3 Å². The molecule has 0 heterocycles. The van der Waals surface area contributed by atoms with Crippen LogP contribution >= 0.6 is 0 Å². The average molecular weight is 272 g/mol. The number of aryl methyl sites for hydroxylation is 1. The zero-order valence-electron chi connectivity index (χ0n) is 10.9. The van der Waals surface area contributed by atoms with E-state index in [1.165, 1.54) is 12.8 Å². The summed E-state index contributed by atoms with van der Waals surface area (Å²) in [7, 11) is 0. The highest BCUT2D eigenvalue weighted by Crippen LogP contribution is 2.21. The molecular formula is C13H20O4S. The van der Waals surface area contributed by atoms with E-state index in [-0.39, 0.29) is 0 Å². The summed E-state index contributed by atoms with van der Waals surface area (Å²) in [6.45, 7) is 4.21. The van der Waals surface area contributed by atoms with Crippen molar-refractivity contribution in [2.75, 3.05) is 6.61 Å². The number of hydrogen-bond donors (Lipinski definition) is 0. The largest absolute Gasteiger partial charge is 0.343 e. The second-order valence-electron chi connectivity index (χ2n) is 3.83. The van der Waals surface area contributed by atoms with Crippen molar-refractivity contribution in [2.45, 2.75) is 39.5 Å². The van der Waals surface area contributed by atoms with Gasteiger partial charge in [-0.05, 0) is 31.4 Å². The Hall–Kier alpha value is -0.910. The van der Waals surface area contributed by atoms with E-state index in [0.717, 1.165) is 18.4 Å². The van der Waals surface area contributed by atoms with Gasteiger partial charge in [-0.2, -0.15) is 4.21 Å². The Kier molecular flexibility index (Phi) is 7.64. The van der Waals surface area contributed by atoms with Gasteiger partial charge in [0.25, 0.3) is 0 Å². The topological polar surface area (TPSA) is 44.8 Å². The quantitative estimate of drug-likeness (QED) is 0.393. The predicted molar refractivity (Wildman–Crippen MR) is 71.2 cm³/mol. The normalized spacial score (nSPS) is 12.3. The fourth-order valence-electron chi connectivity index (χ4n) is 1.54. The molecule has 0 fully saturated rings. The van der Waals surface area contributed by atoms with Crippen LogP contribution in [0.2, 0.25) is 0 Å². The lowest BCUT2D eigenvalue weighted by Gasteiger charge is -2.08. The van der Waals surface area contributed by atoms with Gasteiger partial charge in [-0.15, -0.1) is 0 Å². The molecule has 0 saturated carbocycles. The van der Waals surface area contributed by atoms with E-state index >= 15 is 0 Å². The van der Waals surface area contributed by atoms with Gasteiger partial charge in [0.2, 0.25) is 0 Å². The zero-order valence-corrected chi connectivity index (χ0v) is 11.7. The third kappa shape index (κ3) is 5.62. The number of hydrogen-bond acceptors (Lipinski definition) is 4. The molecule has 102 valence electrons. The van der Waals surface area contributed by atoms with Crippen LogP contribution in [0.25, 0.3) is 0 Å². The molecule has 1 aromatic rings. The summed E-state index contributed by atoms with van der Waals surface area (Å²) >= 11 is -1.86. The van der Waals surface area contributed by atoms with E-state index in [4.69, 9.17) is 9.07 Å². The van der Waals surface area contributed by atoms with Crippen molar-refractivity contribution >= 4 is 11.4 Å². The Labute approximate surface area is 111 Å². The average Bonchev–Trinajstić information content (AvgIpc) is 2.38. The number of benzene rings is 1. The van der Waals surface area contributed by atoms with Crippen LogP contribution < -0.4 is 4.89 Å². The van der Waals surface area contributed by atoms with E-state index in [9.17, 15) is 4.21 Å². The fraction of sp³-hybridized carbons (Fsp3) is 0.538. The first kappa shape index (κ1) is 15.1. The van der Waals surface area contributed by atoms with Crippen molar-refractivity contribution in [3.05, 3.63) is 29.8 Å². The van der Waals surface area contributed by atoms with Gasteiger partial charge >= 0.3 is 11.4 Å². The second-order valence-corrected chi connectivity index (χ2v) is 4.61. The summed E-state index contributed by atoms with van der Waals surface area (Å²) in [5, 5.41) is 0. The van der Waals surface area contributed by atoms with Crippen LogP contribution in [0.3, 0.4) is 0 Å². The fourth-order valence-corrected chi connectivity index (χ4v) is 1.90. The number of unbranched alkanes of at least 4 members (excludes halogenated alkanes) is 2. The number of rotatable bonds is 9. The van der Waals surface area contributed by atoms with Crippen molar-refractivity contribution in [1.29, 1.82) is 0 Å². The monoisotopic (exact) mass is 272 g/mol. The highest BCUT2D eigenvalue weighted by Gasteiger charge is 2.07. The second kappa shape index (κ2) is 9.08. The van der Waals surface area contributed by atoms with Gasteiger partial charge in [0, 0.05) is 0 Å². The highest BCUT2D eigenvalue weighted by atomic mass is 32.2. The standard InChI is InChI=1S/C13H20O4S/c1-3-5-6-9-12-10-7-8-11-13(12)16-17-18(14)15-4-2/h7-8,10-11H,3-6,9H2,1-2H3. The van der Waals surface area contributed by atoms with Crippen LogP contribution in [0, 0.1) is 0 Å². The molecule has 5 heteroatoms. The summed E-state index contributed by atoms with van der Waals surface area (Å²) in [6, 6.07) is 7.58. The lowest BCUT2D eigenvalue weighted by molar-refractivity contribution is -0.0974. The van der Waals surface area contributed by atoms with Gasteiger partial charge in [-0.25, -0.2) is 0 Å². The van der Waals surface area contributed by atoms with Gasteiger partial charge in [0.15, 0.2) is 5.75 Å². The zero-order chi connectivity index (χ0) is 13.2. The highest BCUT2D eigenvalue weighted by molar-refractivity contribution is 7.75. The Bertz CT molecular complexity index is 368. The van der Waals surface area contributed by atoms with Crippen molar-refractivity contribution in [1.82, 2.24) is 0 Å². The molecule has 0 bridgehead atoms. The first-order chi connectivity index (χ1) is 8.77. The summed E-state index contributed by atoms with van der Waals surface area (Å²) in [6.07, 6.45) is 4.38. The maximum Gasteiger partial charge on any atom is 0.343 e.